The van der Waals surface area contributed by atoms with Gasteiger partial charge in [0.15, 0.2) is 0 Å². The zero-order valence-electron chi connectivity index (χ0n) is 15.3. The van der Waals surface area contributed by atoms with Gasteiger partial charge in [0.05, 0.1) is 12.8 Å². The number of hydrogen-bond acceptors (Lipinski definition) is 3. The van der Waals surface area contributed by atoms with Crippen molar-refractivity contribution in [3.05, 3.63) is 53.1 Å². The second kappa shape index (κ2) is 6.35. The SMILES string of the molecule is COc1ccc2c(c1C)NC(=O)C2(c1ccc(O)cc1)C1CCCCC1. The first-order valence-electron chi connectivity index (χ1n) is 9.38. The number of nitrogens with one attached hydrogen (secondary N) is 1. The summed E-state index contributed by atoms with van der Waals surface area (Å²) in [5.41, 5.74) is 3.16. The van der Waals surface area contributed by atoms with Crippen LogP contribution in [0.15, 0.2) is 36.4 Å². The van der Waals surface area contributed by atoms with E-state index in [1.54, 1.807) is 19.2 Å². The quantitative estimate of drug-likeness (QED) is 0.854. The topological polar surface area (TPSA) is 58.6 Å². The van der Waals surface area contributed by atoms with E-state index in [1.165, 1.54) is 6.42 Å². The largest absolute Gasteiger partial charge is 0.508 e. The molecule has 0 radical (unpaired) electrons. The van der Waals surface area contributed by atoms with Gasteiger partial charge in [0.1, 0.15) is 16.9 Å². The Labute approximate surface area is 154 Å². The first-order chi connectivity index (χ1) is 12.6. The van der Waals surface area contributed by atoms with Gasteiger partial charge in [-0.2, -0.15) is 0 Å². The molecule has 1 fully saturated rings. The summed E-state index contributed by atoms with van der Waals surface area (Å²) in [4.78, 5) is 13.5. The molecule has 1 atom stereocenters. The molecule has 1 saturated carbocycles. The van der Waals surface area contributed by atoms with Crippen LogP contribution in [0.25, 0.3) is 0 Å². The summed E-state index contributed by atoms with van der Waals surface area (Å²) >= 11 is 0. The number of carbonyl (C=O) groups excluding carboxylic acids is 1. The maximum Gasteiger partial charge on any atom is 0.239 e. The molecule has 1 aliphatic carbocycles. The summed E-state index contributed by atoms with van der Waals surface area (Å²) in [6, 6.07) is 11.2. The van der Waals surface area contributed by atoms with E-state index in [0.717, 1.165) is 53.8 Å². The van der Waals surface area contributed by atoms with E-state index in [2.05, 4.69) is 5.32 Å². The Morgan fingerprint density at radius 3 is 2.42 bits per heavy atom. The lowest BCUT2D eigenvalue weighted by Crippen LogP contribution is -2.43. The van der Waals surface area contributed by atoms with Crippen LogP contribution >= 0.6 is 0 Å². The number of hydrogen-bond donors (Lipinski definition) is 2. The lowest BCUT2D eigenvalue weighted by molar-refractivity contribution is -0.121. The normalized spacial score (nSPS) is 22.8. The molecule has 1 aliphatic heterocycles. The van der Waals surface area contributed by atoms with Gasteiger partial charge >= 0.3 is 0 Å². The van der Waals surface area contributed by atoms with Crippen molar-refractivity contribution in [2.45, 2.75) is 44.4 Å². The van der Waals surface area contributed by atoms with E-state index in [4.69, 9.17) is 4.74 Å². The van der Waals surface area contributed by atoms with E-state index in [0.29, 0.717) is 0 Å². The molecular weight excluding hydrogens is 326 g/mol. The highest BCUT2D eigenvalue weighted by atomic mass is 16.5. The van der Waals surface area contributed by atoms with E-state index >= 15 is 0 Å². The maximum absolute atomic E-state index is 13.5. The highest BCUT2D eigenvalue weighted by Crippen LogP contribution is 2.53. The second-order valence-corrected chi connectivity index (χ2v) is 7.46. The molecule has 1 unspecified atom stereocenters. The Hall–Kier alpha value is -2.49. The molecule has 4 heteroatoms. The molecule has 4 rings (SSSR count). The van der Waals surface area contributed by atoms with Gasteiger partial charge in [-0.05, 0) is 55.0 Å². The van der Waals surface area contributed by atoms with E-state index in [-0.39, 0.29) is 17.6 Å². The molecule has 0 saturated heterocycles. The minimum absolute atomic E-state index is 0.0430. The van der Waals surface area contributed by atoms with Crippen LogP contribution < -0.4 is 10.1 Å². The minimum atomic E-state index is -0.694. The molecular formula is C22H25NO3. The number of ether oxygens (including phenoxy) is 1. The second-order valence-electron chi connectivity index (χ2n) is 7.46. The van der Waals surface area contributed by atoms with Crippen LogP contribution in [0.4, 0.5) is 5.69 Å². The maximum atomic E-state index is 13.5. The average Bonchev–Trinajstić information content (AvgIpc) is 2.97. The van der Waals surface area contributed by atoms with Gasteiger partial charge in [0, 0.05) is 5.56 Å². The standard InChI is InChI=1S/C22H25NO3/c1-14-19(26-2)13-12-18-20(14)23-21(25)22(18,15-6-4-3-5-7-15)16-8-10-17(24)11-9-16/h8-13,15,24H,3-7H2,1-2H3,(H,23,25). The first-order valence-corrected chi connectivity index (χ1v) is 9.38. The van der Waals surface area contributed by atoms with Crippen LogP contribution in [0.2, 0.25) is 0 Å². The summed E-state index contributed by atoms with van der Waals surface area (Å²) < 4.78 is 5.46. The third-order valence-corrected chi connectivity index (χ3v) is 6.20. The third kappa shape index (κ3) is 2.32. The Morgan fingerprint density at radius 1 is 1.08 bits per heavy atom. The Balaban J connectivity index is 1.96. The monoisotopic (exact) mass is 351 g/mol. The number of rotatable bonds is 3. The van der Waals surface area contributed by atoms with Crippen molar-refractivity contribution in [1.29, 1.82) is 0 Å². The molecule has 2 aromatic carbocycles. The molecule has 2 aliphatic rings. The van der Waals surface area contributed by atoms with Crippen LogP contribution in [0.5, 0.6) is 11.5 Å². The van der Waals surface area contributed by atoms with Gasteiger partial charge in [-0.3, -0.25) is 4.79 Å². The number of methoxy groups -OCH3 is 1. The van der Waals surface area contributed by atoms with Crippen molar-refractivity contribution in [2.24, 2.45) is 5.92 Å². The lowest BCUT2D eigenvalue weighted by atomic mass is 9.62. The van der Waals surface area contributed by atoms with Gasteiger partial charge in [-0.25, -0.2) is 0 Å². The number of fused-ring (bicyclic) bond motifs is 1. The number of phenols is 1. The number of carbonyl (C=O) groups is 1. The number of benzene rings is 2. The van der Waals surface area contributed by atoms with Gasteiger partial charge in [-0.15, -0.1) is 0 Å². The van der Waals surface area contributed by atoms with Crippen molar-refractivity contribution >= 4 is 11.6 Å². The van der Waals surface area contributed by atoms with Crippen LogP contribution in [0, 0.1) is 12.8 Å². The zero-order chi connectivity index (χ0) is 18.3. The van der Waals surface area contributed by atoms with Crippen LogP contribution in [-0.4, -0.2) is 18.1 Å². The van der Waals surface area contributed by atoms with Crippen LogP contribution in [0.1, 0.15) is 48.8 Å². The third-order valence-electron chi connectivity index (χ3n) is 6.20. The Bertz CT molecular complexity index is 837. The summed E-state index contributed by atoms with van der Waals surface area (Å²) in [5.74, 6) is 1.31. The highest BCUT2D eigenvalue weighted by molar-refractivity contribution is 6.10. The van der Waals surface area contributed by atoms with Gasteiger partial charge in [0.2, 0.25) is 5.91 Å². The molecule has 2 N–H and O–H groups in total. The molecule has 0 bridgehead atoms. The van der Waals surface area contributed by atoms with E-state index in [9.17, 15) is 9.90 Å². The first kappa shape index (κ1) is 17.0. The summed E-state index contributed by atoms with van der Waals surface area (Å²) in [6.45, 7) is 1.99. The number of amides is 1. The Morgan fingerprint density at radius 2 is 1.77 bits per heavy atom. The molecule has 4 nitrogen and oxygen atoms in total. The number of phenolic OH excluding ortho intramolecular Hbond substituents is 1. The summed E-state index contributed by atoms with van der Waals surface area (Å²) in [5, 5.41) is 12.9. The summed E-state index contributed by atoms with van der Waals surface area (Å²) in [7, 11) is 1.65. The fourth-order valence-electron chi connectivity index (χ4n) is 4.93. The fourth-order valence-corrected chi connectivity index (χ4v) is 4.93. The number of anilines is 1. The highest BCUT2D eigenvalue weighted by Gasteiger charge is 2.53. The van der Waals surface area contributed by atoms with Crippen LogP contribution in [-0.2, 0) is 10.2 Å². The van der Waals surface area contributed by atoms with Crippen molar-refractivity contribution in [3.63, 3.8) is 0 Å². The van der Waals surface area contributed by atoms with Crippen molar-refractivity contribution < 1.29 is 14.6 Å². The van der Waals surface area contributed by atoms with Crippen molar-refractivity contribution in [1.82, 2.24) is 0 Å². The summed E-state index contributed by atoms with van der Waals surface area (Å²) in [6.07, 6.45) is 5.63. The molecule has 0 spiro atoms. The number of aromatic hydroxyl groups is 1. The van der Waals surface area contributed by atoms with Gasteiger partial charge < -0.3 is 15.2 Å². The minimum Gasteiger partial charge on any atom is -0.508 e. The Kier molecular flexibility index (Phi) is 4.14. The smallest absolute Gasteiger partial charge is 0.239 e. The molecule has 1 amide bonds. The van der Waals surface area contributed by atoms with Gasteiger partial charge in [-0.1, -0.05) is 37.5 Å². The zero-order valence-corrected chi connectivity index (χ0v) is 15.3. The fraction of sp³-hybridized carbons (Fsp3) is 0.409. The van der Waals surface area contributed by atoms with E-state index < -0.39 is 5.41 Å². The molecule has 1 heterocycles. The van der Waals surface area contributed by atoms with Crippen molar-refractivity contribution in [3.8, 4) is 11.5 Å². The van der Waals surface area contributed by atoms with Crippen LogP contribution in [0.3, 0.4) is 0 Å². The molecule has 2 aromatic rings. The van der Waals surface area contributed by atoms with E-state index in [1.807, 2.05) is 31.2 Å². The van der Waals surface area contributed by atoms with Crippen molar-refractivity contribution in [2.75, 3.05) is 12.4 Å². The molecule has 26 heavy (non-hydrogen) atoms. The predicted octanol–water partition coefficient (Wildman–Crippen LogP) is 4.53. The van der Waals surface area contributed by atoms with Gasteiger partial charge in [0.25, 0.3) is 0 Å². The predicted molar refractivity (Wildman–Crippen MR) is 102 cm³/mol. The molecule has 136 valence electrons. The average molecular weight is 351 g/mol. The molecule has 0 aromatic heterocycles. The lowest BCUT2D eigenvalue weighted by Gasteiger charge is -2.39.